The monoisotopic (exact) mass is 436 g/mol. The van der Waals surface area contributed by atoms with E-state index in [1.807, 2.05) is 4.57 Å². The number of sulfone groups is 1. The fourth-order valence-electron chi connectivity index (χ4n) is 3.08. The molecular formula is C16H26Cl2N6O2S. The van der Waals surface area contributed by atoms with Crippen molar-refractivity contribution in [2.24, 2.45) is 0 Å². The summed E-state index contributed by atoms with van der Waals surface area (Å²) in [5, 5.41) is 6.50. The zero-order valence-electron chi connectivity index (χ0n) is 15.4. The largest absolute Gasteiger partial charge is 0.349 e. The van der Waals surface area contributed by atoms with E-state index in [4.69, 9.17) is 0 Å². The van der Waals surface area contributed by atoms with Gasteiger partial charge in [-0.1, -0.05) is 0 Å². The van der Waals surface area contributed by atoms with E-state index in [0.29, 0.717) is 18.2 Å². The molecule has 1 unspecified atom stereocenters. The maximum atomic E-state index is 12.1. The first-order valence-corrected chi connectivity index (χ1v) is 10.4. The molecule has 0 spiro atoms. The van der Waals surface area contributed by atoms with Crippen molar-refractivity contribution in [3.05, 3.63) is 30.1 Å². The zero-order chi connectivity index (χ0) is 17.9. The Morgan fingerprint density at radius 3 is 2.74 bits per heavy atom. The molecule has 0 saturated carbocycles. The lowest BCUT2D eigenvalue weighted by Gasteiger charge is -2.24. The Labute approximate surface area is 172 Å². The number of hydrogen-bond donors (Lipinski definition) is 2. The van der Waals surface area contributed by atoms with Crippen LogP contribution in [0.25, 0.3) is 0 Å². The highest BCUT2D eigenvalue weighted by atomic mass is 35.5. The minimum atomic E-state index is -3.36. The van der Waals surface area contributed by atoms with Crippen LogP contribution in [0.3, 0.4) is 0 Å². The number of aromatic nitrogens is 4. The van der Waals surface area contributed by atoms with Crippen LogP contribution in [-0.4, -0.2) is 47.3 Å². The van der Waals surface area contributed by atoms with Crippen molar-refractivity contribution < 1.29 is 8.42 Å². The van der Waals surface area contributed by atoms with Gasteiger partial charge in [-0.2, -0.15) is 0 Å². The molecule has 0 aliphatic carbocycles. The Hall–Kier alpha value is -1.42. The number of halogens is 2. The number of hydrogen-bond acceptors (Lipinski definition) is 7. The third kappa shape index (κ3) is 5.78. The van der Waals surface area contributed by atoms with Gasteiger partial charge >= 0.3 is 0 Å². The maximum Gasteiger partial charge on any atom is 0.223 e. The maximum absolute atomic E-state index is 12.1. The van der Waals surface area contributed by atoms with Gasteiger partial charge in [-0.25, -0.2) is 23.4 Å². The average Bonchev–Trinajstić information content (AvgIpc) is 3.07. The molecule has 0 aromatic carbocycles. The number of nitrogens with zero attached hydrogens (tertiary/aromatic N) is 4. The molecule has 11 heteroatoms. The van der Waals surface area contributed by atoms with Crippen LogP contribution in [0.2, 0.25) is 0 Å². The molecule has 27 heavy (non-hydrogen) atoms. The first kappa shape index (κ1) is 23.6. The molecule has 1 fully saturated rings. The highest BCUT2D eigenvalue weighted by Gasteiger charge is 2.25. The predicted molar refractivity (Wildman–Crippen MR) is 110 cm³/mol. The number of aryl methyl sites for hydroxylation is 1. The van der Waals surface area contributed by atoms with Crippen molar-refractivity contribution in [1.82, 2.24) is 24.8 Å². The molecule has 3 heterocycles. The van der Waals surface area contributed by atoms with Crippen molar-refractivity contribution in [3.63, 3.8) is 0 Å². The van der Waals surface area contributed by atoms with Crippen LogP contribution in [-0.2, 0) is 22.9 Å². The number of rotatable bonds is 6. The second kappa shape index (κ2) is 10.2. The van der Waals surface area contributed by atoms with Crippen molar-refractivity contribution >= 4 is 40.6 Å². The molecule has 3 rings (SSSR count). The highest BCUT2D eigenvalue weighted by molar-refractivity contribution is 7.90. The SMILES string of the molecule is CCn1cncc1CNc1ncc(S(C)(=O)=O)c(C2CCCNC2)n1.Cl.Cl. The van der Waals surface area contributed by atoms with Crippen LogP contribution in [0.1, 0.15) is 37.1 Å². The van der Waals surface area contributed by atoms with Crippen molar-refractivity contribution in [2.75, 3.05) is 24.7 Å². The van der Waals surface area contributed by atoms with Gasteiger partial charge < -0.3 is 15.2 Å². The van der Waals surface area contributed by atoms with Crippen LogP contribution >= 0.6 is 24.8 Å². The number of nitrogens with one attached hydrogen (secondary N) is 2. The third-order valence-corrected chi connectivity index (χ3v) is 5.55. The van der Waals surface area contributed by atoms with E-state index in [0.717, 1.165) is 38.2 Å². The summed E-state index contributed by atoms with van der Waals surface area (Å²) in [6.07, 6.45) is 8.14. The Morgan fingerprint density at radius 2 is 2.11 bits per heavy atom. The number of piperidine rings is 1. The molecule has 2 aromatic rings. The molecule has 1 atom stereocenters. The van der Waals surface area contributed by atoms with E-state index in [2.05, 4.69) is 32.5 Å². The summed E-state index contributed by atoms with van der Waals surface area (Å²) in [5.41, 5.74) is 1.63. The lowest BCUT2D eigenvalue weighted by atomic mass is 9.96. The molecule has 1 saturated heterocycles. The smallest absolute Gasteiger partial charge is 0.223 e. The third-order valence-electron chi connectivity index (χ3n) is 4.43. The summed E-state index contributed by atoms with van der Waals surface area (Å²) in [5.74, 6) is 0.528. The molecule has 152 valence electrons. The van der Waals surface area contributed by atoms with Gasteiger partial charge in [-0.05, 0) is 26.3 Å². The summed E-state index contributed by atoms with van der Waals surface area (Å²) < 4.78 is 26.2. The molecule has 8 nitrogen and oxygen atoms in total. The van der Waals surface area contributed by atoms with Gasteiger partial charge in [0.2, 0.25) is 5.95 Å². The van der Waals surface area contributed by atoms with Gasteiger partial charge in [0.15, 0.2) is 9.84 Å². The Bertz CT molecular complexity index is 837. The van der Waals surface area contributed by atoms with Crippen molar-refractivity contribution in [2.45, 2.75) is 43.7 Å². The minimum Gasteiger partial charge on any atom is -0.349 e. The summed E-state index contributed by atoms with van der Waals surface area (Å²) in [4.78, 5) is 13.1. The molecular weight excluding hydrogens is 411 g/mol. The van der Waals surface area contributed by atoms with Gasteiger partial charge in [-0.3, -0.25) is 0 Å². The number of imidazole rings is 1. The van der Waals surface area contributed by atoms with E-state index in [1.165, 1.54) is 12.5 Å². The molecule has 0 radical (unpaired) electrons. The second-order valence-electron chi connectivity index (χ2n) is 6.28. The van der Waals surface area contributed by atoms with E-state index in [-0.39, 0.29) is 35.6 Å². The highest BCUT2D eigenvalue weighted by Crippen LogP contribution is 2.28. The van der Waals surface area contributed by atoms with Crippen LogP contribution < -0.4 is 10.6 Å². The van der Waals surface area contributed by atoms with E-state index < -0.39 is 9.84 Å². The van der Waals surface area contributed by atoms with Crippen molar-refractivity contribution in [1.29, 1.82) is 0 Å². The summed E-state index contributed by atoms with van der Waals surface area (Å²) >= 11 is 0. The molecule has 1 aliphatic heterocycles. The molecule has 2 N–H and O–H groups in total. The van der Waals surface area contributed by atoms with Crippen LogP contribution in [0.5, 0.6) is 0 Å². The first-order chi connectivity index (χ1) is 12.0. The summed E-state index contributed by atoms with van der Waals surface area (Å²) in [7, 11) is -3.36. The standard InChI is InChI=1S/C16H24N6O2S.2ClH/c1-3-22-11-18-8-13(22)9-19-16-20-10-14(25(2,23)24)15(21-16)12-5-4-6-17-7-12;;/h8,10-12,17H,3-7,9H2,1-2H3,(H,19,20,21);2*1H. The van der Waals surface area contributed by atoms with E-state index in [9.17, 15) is 8.42 Å². The quantitative estimate of drug-likeness (QED) is 0.713. The van der Waals surface area contributed by atoms with Crippen LogP contribution in [0.4, 0.5) is 5.95 Å². The lowest BCUT2D eigenvalue weighted by Crippen LogP contribution is -2.30. The summed E-state index contributed by atoms with van der Waals surface area (Å²) in [6, 6.07) is 0. The van der Waals surface area contributed by atoms with Gasteiger partial charge in [0.1, 0.15) is 4.90 Å². The van der Waals surface area contributed by atoms with Crippen LogP contribution in [0, 0.1) is 0 Å². The Morgan fingerprint density at radius 1 is 1.33 bits per heavy atom. The molecule has 0 bridgehead atoms. The number of anilines is 1. The molecule has 2 aromatic heterocycles. The fraction of sp³-hybridized carbons (Fsp3) is 0.562. The molecule has 1 aliphatic rings. The topological polar surface area (TPSA) is 102 Å². The van der Waals surface area contributed by atoms with Gasteiger partial charge in [0, 0.05) is 31.5 Å². The van der Waals surface area contributed by atoms with E-state index >= 15 is 0 Å². The normalized spacial score (nSPS) is 16.9. The Kier molecular flexibility index (Phi) is 8.93. The van der Waals surface area contributed by atoms with Gasteiger partial charge in [-0.15, -0.1) is 24.8 Å². The zero-order valence-corrected chi connectivity index (χ0v) is 17.8. The lowest BCUT2D eigenvalue weighted by molar-refractivity contribution is 0.448. The van der Waals surface area contributed by atoms with Crippen molar-refractivity contribution in [3.8, 4) is 0 Å². The second-order valence-corrected chi connectivity index (χ2v) is 8.27. The molecule has 0 amide bonds. The Balaban J connectivity index is 0.00000182. The van der Waals surface area contributed by atoms with Gasteiger partial charge in [0.25, 0.3) is 0 Å². The average molecular weight is 437 g/mol. The summed E-state index contributed by atoms with van der Waals surface area (Å²) in [6.45, 7) is 5.12. The predicted octanol–water partition coefficient (Wildman–Crippen LogP) is 2.02. The van der Waals surface area contributed by atoms with Crippen LogP contribution in [0.15, 0.2) is 23.6 Å². The first-order valence-electron chi connectivity index (χ1n) is 8.49. The minimum absolute atomic E-state index is 0. The van der Waals surface area contributed by atoms with E-state index in [1.54, 1.807) is 12.5 Å². The fourth-order valence-corrected chi connectivity index (χ4v) is 3.92. The van der Waals surface area contributed by atoms with Gasteiger partial charge in [0.05, 0.1) is 30.5 Å².